The fraction of sp³-hybridized carbons (Fsp3) is 0.556. The Kier molecular flexibility index (Phi) is 4.50. The number of Topliss-reactive ketones (excluding diaryl/α,β-unsaturated/α-hetero) is 1. The Morgan fingerprint density at radius 3 is 2.76 bits per heavy atom. The third kappa shape index (κ3) is 3.02. The van der Waals surface area contributed by atoms with Crippen LogP contribution in [0.3, 0.4) is 0 Å². The van der Waals surface area contributed by atoms with Crippen molar-refractivity contribution >= 4 is 11.8 Å². The van der Waals surface area contributed by atoms with E-state index in [9.17, 15) is 14.7 Å². The predicted octanol–water partition coefficient (Wildman–Crippen LogP) is 3.73. The topological polar surface area (TPSA) is 54.4 Å². The van der Waals surface area contributed by atoms with Crippen LogP contribution in [0.1, 0.15) is 50.7 Å². The molecule has 3 nitrogen and oxygen atoms in total. The second-order valence-electron chi connectivity index (χ2n) is 6.41. The fourth-order valence-corrected chi connectivity index (χ4v) is 3.57. The average molecular weight is 288 g/mol. The van der Waals surface area contributed by atoms with Gasteiger partial charge in [0.05, 0.1) is 5.92 Å². The second kappa shape index (κ2) is 6.00. The Balaban J connectivity index is 2.36. The summed E-state index contributed by atoms with van der Waals surface area (Å²) in [5.74, 6) is -1.73. The first-order valence-electron chi connectivity index (χ1n) is 7.72. The van der Waals surface area contributed by atoms with Gasteiger partial charge in [-0.15, -0.1) is 0 Å². The van der Waals surface area contributed by atoms with Gasteiger partial charge in [-0.25, -0.2) is 0 Å². The van der Waals surface area contributed by atoms with Crippen LogP contribution >= 0.6 is 0 Å². The molecule has 0 radical (unpaired) electrons. The number of benzene rings is 1. The lowest BCUT2D eigenvalue weighted by Crippen LogP contribution is -2.41. The van der Waals surface area contributed by atoms with Gasteiger partial charge in [-0.3, -0.25) is 9.59 Å². The lowest BCUT2D eigenvalue weighted by molar-refractivity contribution is -0.147. The van der Waals surface area contributed by atoms with Crippen molar-refractivity contribution in [2.24, 2.45) is 11.8 Å². The van der Waals surface area contributed by atoms with Crippen molar-refractivity contribution in [2.75, 3.05) is 0 Å². The van der Waals surface area contributed by atoms with Crippen molar-refractivity contribution in [1.29, 1.82) is 0 Å². The lowest BCUT2D eigenvalue weighted by Gasteiger charge is -2.41. The van der Waals surface area contributed by atoms with Gasteiger partial charge in [0.15, 0.2) is 0 Å². The predicted molar refractivity (Wildman–Crippen MR) is 82.3 cm³/mol. The van der Waals surface area contributed by atoms with Gasteiger partial charge in [-0.2, -0.15) is 0 Å². The molecule has 0 spiro atoms. The van der Waals surface area contributed by atoms with Crippen LogP contribution in [0.5, 0.6) is 0 Å². The summed E-state index contributed by atoms with van der Waals surface area (Å²) >= 11 is 0. The maximum Gasteiger partial charge on any atom is 0.306 e. The highest BCUT2D eigenvalue weighted by Gasteiger charge is 2.43. The Hall–Kier alpha value is -1.64. The van der Waals surface area contributed by atoms with E-state index >= 15 is 0 Å². The summed E-state index contributed by atoms with van der Waals surface area (Å²) in [4.78, 5) is 23.5. The Bertz CT molecular complexity index is 549. The van der Waals surface area contributed by atoms with E-state index in [0.717, 1.165) is 12.8 Å². The minimum atomic E-state index is -0.871. The number of carboxylic acid groups (broad SMARTS) is 1. The minimum absolute atomic E-state index is 0.0612. The zero-order valence-corrected chi connectivity index (χ0v) is 13.1. The highest BCUT2D eigenvalue weighted by atomic mass is 16.4. The minimum Gasteiger partial charge on any atom is -0.481 e. The molecule has 21 heavy (non-hydrogen) atoms. The second-order valence-corrected chi connectivity index (χ2v) is 6.41. The van der Waals surface area contributed by atoms with Gasteiger partial charge in [0.1, 0.15) is 5.78 Å². The van der Waals surface area contributed by atoms with Crippen LogP contribution in [-0.2, 0) is 15.0 Å². The Morgan fingerprint density at radius 1 is 1.48 bits per heavy atom. The molecule has 0 amide bonds. The molecule has 3 unspecified atom stereocenters. The molecule has 1 aromatic rings. The van der Waals surface area contributed by atoms with E-state index in [1.54, 1.807) is 6.92 Å². The number of rotatable bonds is 4. The van der Waals surface area contributed by atoms with Gasteiger partial charge < -0.3 is 5.11 Å². The van der Waals surface area contributed by atoms with Crippen molar-refractivity contribution in [3.05, 3.63) is 35.4 Å². The maximum absolute atomic E-state index is 12.2. The quantitative estimate of drug-likeness (QED) is 0.918. The third-order valence-electron chi connectivity index (χ3n) is 5.17. The first-order valence-corrected chi connectivity index (χ1v) is 7.72. The van der Waals surface area contributed by atoms with Crippen molar-refractivity contribution < 1.29 is 14.7 Å². The molecular formula is C18H24O3. The van der Waals surface area contributed by atoms with Crippen LogP contribution in [0.4, 0.5) is 0 Å². The van der Waals surface area contributed by atoms with Crippen LogP contribution in [0, 0.1) is 18.8 Å². The van der Waals surface area contributed by atoms with E-state index in [0.29, 0.717) is 12.8 Å². The highest BCUT2D eigenvalue weighted by Crippen LogP contribution is 2.45. The summed E-state index contributed by atoms with van der Waals surface area (Å²) in [6.07, 6.45) is 2.91. The molecule has 0 aliphatic heterocycles. The molecule has 3 heteroatoms. The van der Waals surface area contributed by atoms with Crippen molar-refractivity contribution in [2.45, 2.75) is 51.9 Å². The van der Waals surface area contributed by atoms with Crippen LogP contribution in [0.15, 0.2) is 24.3 Å². The molecule has 1 saturated carbocycles. The number of carboxylic acids is 1. The first kappa shape index (κ1) is 15.7. The summed E-state index contributed by atoms with van der Waals surface area (Å²) < 4.78 is 0. The standard InChI is InChI=1S/C18H24O3/c1-4-18(14-7-5-6-12(2)10-14)9-8-16(19)15(11-18)13(3)17(20)21/h5-7,10,13,15H,4,8-9,11H2,1-3H3,(H,20,21). The van der Waals surface area contributed by atoms with Gasteiger partial charge in [0, 0.05) is 12.3 Å². The smallest absolute Gasteiger partial charge is 0.306 e. The molecule has 1 aliphatic rings. The van der Waals surface area contributed by atoms with Gasteiger partial charge in [-0.1, -0.05) is 43.7 Å². The zero-order chi connectivity index (χ0) is 15.6. The van der Waals surface area contributed by atoms with E-state index in [1.165, 1.54) is 11.1 Å². The average Bonchev–Trinajstić information content (AvgIpc) is 2.47. The summed E-state index contributed by atoms with van der Waals surface area (Å²) in [6.45, 7) is 5.87. The van der Waals surface area contributed by atoms with Crippen molar-refractivity contribution in [1.82, 2.24) is 0 Å². The summed E-state index contributed by atoms with van der Waals surface area (Å²) in [5.41, 5.74) is 2.40. The Labute approximate surface area is 126 Å². The molecule has 0 bridgehead atoms. The molecule has 1 aromatic carbocycles. The summed E-state index contributed by atoms with van der Waals surface area (Å²) in [6, 6.07) is 8.42. The Morgan fingerprint density at radius 2 is 2.19 bits per heavy atom. The van der Waals surface area contributed by atoms with Gasteiger partial charge >= 0.3 is 5.97 Å². The molecule has 1 N–H and O–H groups in total. The number of aliphatic carboxylic acids is 1. The number of hydrogen-bond acceptors (Lipinski definition) is 2. The number of ketones is 1. The normalized spacial score (nSPS) is 27.4. The fourth-order valence-electron chi connectivity index (χ4n) is 3.57. The number of carbonyl (C=O) groups is 2. The first-order chi connectivity index (χ1) is 9.89. The summed E-state index contributed by atoms with van der Waals surface area (Å²) in [5, 5.41) is 9.26. The van der Waals surface area contributed by atoms with Crippen LogP contribution in [0.25, 0.3) is 0 Å². The number of aryl methyl sites for hydroxylation is 1. The third-order valence-corrected chi connectivity index (χ3v) is 5.17. The van der Waals surface area contributed by atoms with Crippen LogP contribution in [0.2, 0.25) is 0 Å². The van der Waals surface area contributed by atoms with E-state index in [2.05, 4.69) is 32.0 Å². The van der Waals surface area contributed by atoms with Gasteiger partial charge in [0.25, 0.3) is 0 Å². The van der Waals surface area contributed by atoms with Crippen LogP contribution in [-0.4, -0.2) is 16.9 Å². The van der Waals surface area contributed by atoms with Crippen LogP contribution < -0.4 is 0 Å². The lowest BCUT2D eigenvalue weighted by atomic mass is 9.61. The van der Waals surface area contributed by atoms with Crippen molar-refractivity contribution in [3.63, 3.8) is 0 Å². The highest BCUT2D eigenvalue weighted by molar-refractivity contribution is 5.87. The largest absolute Gasteiger partial charge is 0.481 e. The molecule has 3 atom stereocenters. The zero-order valence-electron chi connectivity index (χ0n) is 13.1. The van der Waals surface area contributed by atoms with E-state index in [4.69, 9.17) is 0 Å². The number of carbonyl (C=O) groups excluding carboxylic acids is 1. The molecular weight excluding hydrogens is 264 g/mol. The molecule has 2 rings (SSSR count). The molecule has 0 saturated heterocycles. The molecule has 0 heterocycles. The molecule has 1 fully saturated rings. The SMILES string of the molecule is CCC1(c2cccc(C)c2)CCC(=O)C(C(C)C(=O)O)C1. The van der Waals surface area contributed by atoms with Gasteiger partial charge in [-0.05, 0) is 37.2 Å². The van der Waals surface area contributed by atoms with E-state index < -0.39 is 11.9 Å². The van der Waals surface area contributed by atoms with Gasteiger partial charge in [0.2, 0.25) is 0 Å². The summed E-state index contributed by atoms with van der Waals surface area (Å²) in [7, 11) is 0. The van der Waals surface area contributed by atoms with E-state index in [1.807, 2.05) is 6.07 Å². The van der Waals surface area contributed by atoms with Crippen molar-refractivity contribution in [3.8, 4) is 0 Å². The monoisotopic (exact) mass is 288 g/mol. The van der Waals surface area contributed by atoms with E-state index in [-0.39, 0.29) is 17.1 Å². The molecule has 1 aliphatic carbocycles. The molecule has 114 valence electrons. The number of hydrogen-bond donors (Lipinski definition) is 1. The molecule has 0 aromatic heterocycles. The maximum atomic E-state index is 12.2.